The summed E-state index contributed by atoms with van der Waals surface area (Å²) in [7, 11) is 2.38. The molecule has 0 aliphatic carbocycles. The number of benzene rings is 2. The minimum Gasteiger partial charge on any atom is -1.00 e. The SMILES string of the molecule is CC(C)CCCCCC[N+](C)(CCOCCOc1ccccc1)Cc1ccccc1.[Cl-]. The van der Waals surface area contributed by atoms with E-state index in [0.717, 1.165) is 35.8 Å². The Kier molecular flexibility index (Phi) is 14.3. The first-order valence-corrected chi connectivity index (χ1v) is 11.7. The van der Waals surface area contributed by atoms with E-state index in [-0.39, 0.29) is 12.4 Å². The molecule has 0 aliphatic heterocycles. The van der Waals surface area contributed by atoms with Gasteiger partial charge in [-0.3, -0.25) is 0 Å². The number of para-hydroxylation sites is 1. The van der Waals surface area contributed by atoms with Crippen LogP contribution in [0.15, 0.2) is 60.7 Å². The van der Waals surface area contributed by atoms with Crippen molar-refractivity contribution in [2.75, 3.05) is 40.0 Å². The van der Waals surface area contributed by atoms with E-state index < -0.39 is 0 Å². The van der Waals surface area contributed by atoms with E-state index in [9.17, 15) is 0 Å². The lowest BCUT2D eigenvalue weighted by molar-refractivity contribution is -0.923. The predicted octanol–water partition coefficient (Wildman–Crippen LogP) is 3.34. The number of rotatable bonds is 16. The van der Waals surface area contributed by atoms with Crippen LogP contribution in [0.1, 0.15) is 51.5 Å². The zero-order valence-corrected chi connectivity index (χ0v) is 20.5. The van der Waals surface area contributed by atoms with E-state index in [4.69, 9.17) is 9.47 Å². The van der Waals surface area contributed by atoms with Crippen molar-refractivity contribution in [2.24, 2.45) is 5.92 Å². The molecule has 0 saturated carbocycles. The van der Waals surface area contributed by atoms with Crippen LogP contribution in [-0.2, 0) is 11.3 Å². The van der Waals surface area contributed by atoms with Gasteiger partial charge in [0.25, 0.3) is 0 Å². The number of hydrogen-bond donors (Lipinski definition) is 0. The second-order valence-corrected chi connectivity index (χ2v) is 9.08. The third kappa shape index (κ3) is 12.8. The first kappa shape index (κ1) is 27.5. The molecule has 4 heteroatoms. The fourth-order valence-corrected chi connectivity index (χ4v) is 3.82. The van der Waals surface area contributed by atoms with Crippen molar-refractivity contribution in [3.05, 3.63) is 66.2 Å². The molecule has 174 valence electrons. The van der Waals surface area contributed by atoms with Gasteiger partial charge in [-0.1, -0.05) is 81.6 Å². The third-order valence-corrected chi connectivity index (χ3v) is 5.65. The third-order valence-electron chi connectivity index (χ3n) is 5.65. The van der Waals surface area contributed by atoms with E-state index in [1.54, 1.807) is 0 Å². The molecule has 2 aromatic carbocycles. The molecule has 0 N–H and O–H groups in total. The maximum atomic E-state index is 5.92. The summed E-state index contributed by atoms with van der Waals surface area (Å²) in [5.41, 5.74) is 1.41. The van der Waals surface area contributed by atoms with Crippen LogP contribution in [0, 0.1) is 5.92 Å². The molecule has 0 radical (unpaired) electrons. The minimum absolute atomic E-state index is 0. The summed E-state index contributed by atoms with van der Waals surface area (Å²) in [6.07, 6.45) is 6.70. The average Bonchev–Trinajstić information content (AvgIpc) is 2.74. The standard InChI is InChI=1S/C27H42NO2.ClH/c1-25(2)14-8-4-5-13-19-28(3,24-26-15-9-6-10-16-26)20-21-29-22-23-30-27-17-11-7-12-18-27;/h6-7,9-12,15-18,25H,4-5,8,13-14,19-24H2,1-3H3;1H/q+1;/p-1. The number of halogens is 1. The summed E-state index contributed by atoms with van der Waals surface area (Å²) in [6, 6.07) is 20.8. The van der Waals surface area contributed by atoms with Gasteiger partial charge in [0, 0.05) is 5.56 Å². The van der Waals surface area contributed by atoms with Gasteiger partial charge in [0.15, 0.2) is 0 Å². The van der Waals surface area contributed by atoms with E-state index >= 15 is 0 Å². The van der Waals surface area contributed by atoms with Crippen LogP contribution in [0.2, 0.25) is 0 Å². The first-order valence-electron chi connectivity index (χ1n) is 11.7. The number of hydrogen-bond acceptors (Lipinski definition) is 2. The molecule has 3 nitrogen and oxygen atoms in total. The van der Waals surface area contributed by atoms with Gasteiger partial charge >= 0.3 is 0 Å². The van der Waals surface area contributed by atoms with Crippen LogP contribution in [-0.4, -0.2) is 44.4 Å². The number of likely N-dealkylation sites (N-methyl/N-ethyl adjacent to an activating group) is 1. The van der Waals surface area contributed by atoms with E-state index in [0.29, 0.717) is 13.2 Å². The fraction of sp³-hybridized carbons (Fsp3) is 0.556. The maximum absolute atomic E-state index is 5.92. The average molecular weight is 448 g/mol. The highest BCUT2D eigenvalue weighted by Crippen LogP contribution is 2.16. The fourth-order valence-electron chi connectivity index (χ4n) is 3.82. The number of nitrogens with zero attached hydrogens (tertiary/aromatic N) is 1. The quantitative estimate of drug-likeness (QED) is 0.290. The van der Waals surface area contributed by atoms with Crippen molar-refractivity contribution in [1.29, 1.82) is 0 Å². The van der Waals surface area contributed by atoms with Crippen molar-refractivity contribution in [2.45, 2.75) is 52.5 Å². The van der Waals surface area contributed by atoms with Crippen LogP contribution in [0.25, 0.3) is 0 Å². The Hall–Kier alpha value is -1.55. The molecule has 0 aliphatic rings. The van der Waals surface area contributed by atoms with Gasteiger partial charge < -0.3 is 26.4 Å². The Bertz CT molecular complexity index is 665. The Morgan fingerprint density at radius 2 is 1.39 bits per heavy atom. The molecule has 31 heavy (non-hydrogen) atoms. The van der Waals surface area contributed by atoms with Crippen LogP contribution < -0.4 is 17.1 Å². The Balaban J connectivity index is 0.00000480. The molecular weight excluding hydrogens is 406 g/mol. The van der Waals surface area contributed by atoms with Gasteiger partial charge in [-0.2, -0.15) is 0 Å². The highest BCUT2D eigenvalue weighted by atomic mass is 35.5. The largest absolute Gasteiger partial charge is 1.00 e. The Labute approximate surface area is 196 Å². The smallest absolute Gasteiger partial charge is 0.119 e. The number of unbranched alkanes of at least 4 members (excludes halogenated alkanes) is 3. The molecule has 0 spiro atoms. The van der Waals surface area contributed by atoms with Crippen molar-refractivity contribution in [1.82, 2.24) is 0 Å². The normalized spacial score (nSPS) is 12.9. The van der Waals surface area contributed by atoms with Gasteiger partial charge in [-0.05, 0) is 30.9 Å². The highest BCUT2D eigenvalue weighted by molar-refractivity contribution is 5.20. The molecule has 0 amide bonds. The highest BCUT2D eigenvalue weighted by Gasteiger charge is 2.21. The first-order chi connectivity index (χ1) is 14.6. The molecular formula is C27H42ClNO2. The van der Waals surface area contributed by atoms with Crippen molar-refractivity contribution >= 4 is 0 Å². The lowest BCUT2D eigenvalue weighted by atomic mass is 10.0. The summed E-state index contributed by atoms with van der Waals surface area (Å²) in [5, 5.41) is 0. The van der Waals surface area contributed by atoms with E-state index in [1.165, 1.54) is 44.2 Å². The second-order valence-electron chi connectivity index (χ2n) is 9.08. The zero-order valence-electron chi connectivity index (χ0n) is 19.8. The summed E-state index contributed by atoms with van der Waals surface area (Å²) < 4.78 is 12.7. The molecule has 1 unspecified atom stereocenters. The lowest BCUT2D eigenvalue weighted by Crippen LogP contribution is -3.00. The molecule has 2 rings (SSSR count). The Morgan fingerprint density at radius 1 is 0.742 bits per heavy atom. The molecule has 0 bridgehead atoms. The maximum Gasteiger partial charge on any atom is 0.119 e. The summed E-state index contributed by atoms with van der Waals surface area (Å²) in [6.45, 7) is 9.95. The van der Waals surface area contributed by atoms with Crippen molar-refractivity contribution in [3.8, 4) is 5.75 Å². The van der Waals surface area contributed by atoms with Gasteiger partial charge in [0.2, 0.25) is 0 Å². The van der Waals surface area contributed by atoms with Gasteiger partial charge in [0.1, 0.15) is 25.4 Å². The van der Waals surface area contributed by atoms with Gasteiger partial charge in [-0.25, -0.2) is 0 Å². The molecule has 1 atom stereocenters. The topological polar surface area (TPSA) is 18.5 Å². The van der Waals surface area contributed by atoms with Crippen LogP contribution in [0.5, 0.6) is 5.75 Å². The van der Waals surface area contributed by atoms with Gasteiger partial charge in [-0.15, -0.1) is 0 Å². The summed E-state index contributed by atoms with van der Waals surface area (Å²) in [5.74, 6) is 1.73. The zero-order chi connectivity index (χ0) is 21.5. The molecule has 0 heterocycles. The molecule has 2 aromatic rings. The summed E-state index contributed by atoms with van der Waals surface area (Å²) >= 11 is 0. The number of ether oxygens (including phenoxy) is 2. The van der Waals surface area contributed by atoms with Crippen LogP contribution in [0.4, 0.5) is 0 Å². The number of quaternary nitrogens is 1. The molecule has 0 fully saturated rings. The van der Waals surface area contributed by atoms with Crippen LogP contribution in [0.3, 0.4) is 0 Å². The Morgan fingerprint density at radius 3 is 2.06 bits per heavy atom. The van der Waals surface area contributed by atoms with Crippen molar-refractivity contribution < 1.29 is 26.4 Å². The minimum atomic E-state index is 0. The summed E-state index contributed by atoms with van der Waals surface area (Å²) in [4.78, 5) is 0. The lowest BCUT2D eigenvalue weighted by Gasteiger charge is -2.35. The predicted molar refractivity (Wildman–Crippen MR) is 127 cm³/mol. The van der Waals surface area contributed by atoms with Crippen LogP contribution >= 0.6 is 0 Å². The van der Waals surface area contributed by atoms with E-state index in [2.05, 4.69) is 51.2 Å². The van der Waals surface area contributed by atoms with E-state index in [1.807, 2.05) is 30.3 Å². The second kappa shape index (κ2) is 16.1. The molecule has 0 saturated heterocycles. The molecule has 0 aromatic heterocycles. The monoisotopic (exact) mass is 447 g/mol. The van der Waals surface area contributed by atoms with Gasteiger partial charge in [0.05, 0.1) is 26.8 Å². The van der Waals surface area contributed by atoms with Crippen molar-refractivity contribution in [3.63, 3.8) is 0 Å².